The number of ether oxygens (including phenoxy) is 13. The molecule has 6 amide bonds. The van der Waals surface area contributed by atoms with E-state index in [9.17, 15) is 44.1 Å². The summed E-state index contributed by atoms with van der Waals surface area (Å²) in [6.07, 6.45) is 18.4. The van der Waals surface area contributed by atoms with Gasteiger partial charge in [0.1, 0.15) is 12.6 Å². The van der Waals surface area contributed by atoms with E-state index in [1.54, 1.807) is 66.7 Å². The predicted molar refractivity (Wildman–Crippen MR) is 439 cm³/mol. The molecule has 1 fully saturated rings. The second-order valence-electron chi connectivity index (χ2n) is 30.3. The van der Waals surface area contributed by atoms with Crippen LogP contribution in [0.4, 0.5) is 21.9 Å². The van der Waals surface area contributed by atoms with Crippen molar-refractivity contribution in [3.8, 4) is 34.8 Å². The number of nitrogens with one attached hydrogen (secondary N) is 4. The largest absolute Gasteiger partial charge is 0.494 e. The first-order valence-corrected chi connectivity index (χ1v) is 41.6. The number of nitrogens with zero attached hydrogens (tertiary/aromatic N) is 5. The van der Waals surface area contributed by atoms with Crippen LogP contribution in [-0.2, 0) is 70.2 Å². The summed E-state index contributed by atoms with van der Waals surface area (Å²) >= 11 is 0. The summed E-state index contributed by atoms with van der Waals surface area (Å²) in [5.41, 5.74) is 4.87. The number of amides is 6. The smallest absolute Gasteiger partial charge is 0.416 e. The molecule has 4 aromatic rings. The molecule has 5 unspecified atom stereocenters. The third kappa shape index (κ3) is 28.7. The second kappa shape index (κ2) is 49.5. The molecule has 5 atom stereocenters. The van der Waals surface area contributed by atoms with E-state index in [0.29, 0.717) is 192 Å². The van der Waals surface area contributed by atoms with Crippen molar-refractivity contribution in [2.24, 2.45) is 10.9 Å². The van der Waals surface area contributed by atoms with Gasteiger partial charge in [-0.1, -0.05) is 88.5 Å². The van der Waals surface area contributed by atoms with E-state index in [4.69, 9.17) is 61.6 Å². The zero-order valence-electron chi connectivity index (χ0n) is 69.4. The van der Waals surface area contributed by atoms with E-state index in [2.05, 4.69) is 26.3 Å². The molecule has 117 heavy (non-hydrogen) atoms. The third-order valence-electron chi connectivity index (χ3n) is 21.0. The van der Waals surface area contributed by atoms with Gasteiger partial charge in [0.15, 0.2) is 41.0 Å². The van der Waals surface area contributed by atoms with Gasteiger partial charge in [0.2, 0.25) is 17.7 Å². The molecule has 0 saturated heterocycles. The van der Waals surface area contributed by atoms with Gasteiger partial charge in [-0.3, -0.25) is 33.5 Å². The number of carbonyl (C=O) groups is 6. The number of benzene rings is 3. The standard InChI is InChI=1S/C86H125N9O22/c1-59(2)79(88-27-19-30-107-34-36-109-38-40-111-42-44-113-46-47-114-45-43-112-41-39-110-37-35-108-33-28-87-77(96)26-29-92-78(97)52-67(82(92)100)64-20-15-12-10-8-9-11-13-16-21-64)81(99)90-62(5)80(98)91-65-24-22-63(23-25-65)58-117-86(104)95-71-54-76(74(106-7)51-69(71)84(102)94-57-61(4)49-72(94)85(95)103)116-32-18-14-17-31-115-75-53-70-68(50-73(75)105-6)83(101)93-56-60(3)48-66(93)55-89-70/h22-25,50-57,59,62,64,66,72,79,85,88,97,100,103H,8-21,26-49,58H2,1-7H3,(H,87,96)(H,90,99)(H,91,98). The van der Waals surface area contributed by atoms with E-state index < -0.39 is 42.3 Å². The lowest BCUT2D eigenvalue weighted by Crippen LogP contribution is -2.52. The van der Waals surface area contributed by atoms with E-state index in [1.165, 1.54) is 74.3 Å². The van der Waals surface area contributed by atoms with Crippen molar-refractivity contribution in [2.75, 3.05) is 156 Å². The Kier molecular flexibility index (Phi) is 38.9. The van der Waals surface area contributed by atoms with Gasteiger partial charge in [0.25, 0.3) is 11.8 Å². The lowest BCUT2D eigenvalue weighted by molar-refractivity contribution is -0.128. The van der Waals surface area contributed by atoms with Gasteiger partial charge in [-0.05, 0) is 120 Å². The number of aliphatic hydroxyl groups excluding tert-OH is 1. The third-order valence-corrected chi connectivity index (χ3v) is 21.0. The zero-order chi connectivity index (χ0) is 83.3. The monoisotopic (exact) mass is 1640 g/mol. The van der Waals surface area contributed by atoms with Crippen molar-refractivity contribution in [1.82, 2.24) is 30.3 Å². The maximum Gasteiger partial charge on any atom is 0.416 e. The second-order valence-corrected chi connectivity index (χ2v) is 30.3. The summed E-state index contributed by atoms with van der Waals surface area (Å²) in [6.45, 7) is 17.2. The van der Waals surface area contributed by atoms with Crippen molar-refractivity contribution >= 4 is 58.9 Å². The number of aliphatic hydroxyl groups is 1. The predicted octanol–water partition coefficient (Wildman–Crippen LogP) is 10.8. The first-order valence-electron chi connectivity index (χ1n) is 41.6. The summed E-state index contributed by atoms with van der Waals surface area (Å²) in [6, 6.07) is 12.3. The minimum atomic E-state index is -1.51. The number of rotatable bonds is 50. The highest BCUT2D eigenvalue weighted by Gasteiger charge is 2.45. The average Bonchev–Trinajstić information content (AvgIpc) is 1.61. The van der Waals surface area contributed by atoms with Crippen LogP contribution in [0.1, 0.15) is 182 Å². The van der Waals surface area contributed by atoms with Crippen molar-refractivity contribution in [1.29, 1.82) is 0 Å². The number of hydrogen-bond acceptors (Lipinski definition) is 24. The topological polar surface area (TPSA) is 358 Å². The first kappa shape index (κ1) is 92.0. The first-order chi connectivity index (χ1) is 56.8. The number of aromatic nitrogens is 1. The van der Waals surface area contributed by atoms with Crippen molar-refractivity contribution in [3.63, 3.8) is 0 Å². The molecule has 9 rings (SSSR count). The quantitative estimate of drug-likeness (QED) is 0.0202. The van der Waals surface area contributed by atoms with Crippen LogP contribution in [0.25, 0.3) is 0 Å². The van der Waals surface area contributed by atoms with Crippen molar-refractivity contribution in [3.05, 3.63) is 100 Å². The van der Waals surface area contributed by atoms with Gasteiger partial charge in [-0.25, -0.2) is 9.69 Å². The van der Waals surface area contributed by atoms with Gasteiger partial charge in [0.05, 0.1) is 167 Å². The summed E-state index contributed by atoms with van der Waals surface area (Å²) in [5.74, 6) is 0.0715. The molecule has 4 aliphatic heterocycles. The van der Waals surface area contributed by atoms with E-state index >= 15 is 0 Å². The maximum absolute atomic E-state index is 14.3. The normalized spacial score (nSPS) is 17.5. The highest BCUT2D eigenvalue weighted by Crippen LogP contribution is 2.44. The van der Waals surface area contributed by atoms with Crippen LogP contribution in [0.2, 0.25) is 0 Å². The lowest BCUT2D eigenvalue weighted by atomic mass is 9.90. The number of aliphatic imine (C=N–C) groups is 1. The number of hydrogen-bond donors (Lipinski definition) is 7. The fourth-order valence-corrected chi connectivity index (χ4v) is 14.6. The van der Waals surface area contributed by atoms with Crippen LogP contribution in [0.5, 0.6) is 34.8 Å². The Morgan fingerprint density at radius 3 is 1.68 bits per heavy atom. The minimum absolute atomic E-state index is 0.00431. The van der Waals surface area contributed by atoms with Crippen LogP contribution in [0.15, 0.2) is 83.1 Å². The summed E-state index contributed by atoms with van der Waals surface area (Å²) in [5, 5.41) is 45.4. The minimum Gasteiger partial charge on any atom is -0.494 e. The highest BCUT2D eigenvalue weighted by atomic mass is 16.6. The fourth-order valence-electron chi connectivity index (χ4n) is 14.6. The lowest BCUT2D eigenvalue weighted by Gasteiger charge is -2.31. The van der Waals surface area contributed by atoms with E-state index in [1.807, 2.05) is 33.9 Å². The van der Waals surface area contributed by atoms with Gasteiger partial charge < -0.3 is 108 Å². The number of aromatic hydroxyl groups is 2. The van der Waals surface area contributed by atoms with Crippen LogP contribution in [-0.4, -0.2) is 248 Å². The Morgan fingerprint density at radius 2 is 1.10 bits per heavy atom. The van der Waals surface area contributed by atoms with Gasteiger partial charge >= 0.3 is 6.09 Å². The molecule has 1 aromatic heterocycles. The molecule has 7 N–H and O–H groups in total. The molecule has 3 aromatic carbocycles. The van der Waals surface area contributed by atoms with Gasteiger partial charge in [-0.15, -0.1) is 0 Å². The Hall–Kier alpha value is -8.89. The molecular formula is C86H125N9O22. The highest BCUT2D eigenvalue weighted by molar-refractivity contribution is 6.07. The number of anilines is 2. The van der Waals surface area contributed by atoms with E-state index in [-0.39, 0.29) is 96.3 Å². The number of carbonyl (C=O) groups excluding carboxylic acids is 6. The van der Waals surface area contributed by atoms with Crippen LogP contribution in [0.3, 0.4) is 0 Å². The Balaban J connectivity index is 0.559. The van der Waals surface area contributed by atoms with Crippen LogP contribution >= 0.6 is 0 Å². The number of methoxy groups -OCH3 is 2. The van der Waals surface area contributed by atoms with Gasteiger partial charge in [-0.2, -0.15) is 0 Å². The van der Waals surface area contributed by atoms with Crippen molar-refractivity contribution in [2.45, 2.75) is 193 Å². The summed E-state index contributed by atoms with van der Waals surface area (Å²) in [4.78, 5) is 90.2. The molecule has 1 aliphatic carbocycles. The molecule has 31 heteroatoms. The molecule has 0 radical (unpaired) electrons. The number of unbranched alkanes of at least 4 members (excludes halogenated alkanes) is 2. The SMILES string of the molecule is COc1cc2c(cc1OCCCCCOc1cc3c(cc1OC)C(=O)N1C=C(C)CC1C(O)N3C(=O)OCc1ccc(NC(=O)C(C)NC(=O)C(NCCCOCCOCCOCCOCCOCCOCCOCCOCCNC(=O)CCn3c(O)cc(C4CCCCCCCCCC4)c3O)C(C)C)cc1)N=CC1CC(C)=CN1C2=O. The molecule has 5 aliphatic rings. The molecule has 0 bridgehead atoms. The van der Waals surface area contributed by atoms with Crippen LogP contribution < -0.4 is 45.1 Å². The molecule has 5 heterocycles. The Morgan fingerprint density at radius 1 is 0.573 bits per heavy atom. The Labute approximate surface area is 687 Å². The molecule has 0 spiro atoms. The Bertz CT molecular complexity index is 3880. The zero-order valence-corrected chi connectivity index (χ0v) is 69.4. The molecule has 31 nitrogen and oxygen atoms in total. The summed E-state index contributed by atoms with van der Waals surface area (Å²) < 4.78 is 75.8. The number of fused-ring (bicyclic) bond motifs is 4. The van der Waals surface area contributed by atoms with Gasteiger partial charge in [0, 0.05) is 74.2 Å². The van der Waals surface area contributed by atoms with Crippen LogP contribution in [0, 0.1) is 5.92 Å². The molecule has 1 saturated carbocycles. The maximum atomic E-state index is 14.3. The van der Waals surface area contributed by atoms with E-state index in [0.717, 1.165) is 53.7 Å². The average molecular weight is 1640 g/mol. The molecule has 646 valence electrons. The molecular weight excluding hydrogens is 1510 g/mol. The fraction of sp³-hybridized carbons (Fsp3) is 0.616. The van der Waals surface area contributed by atoms with Crippen molar-refractivity contribution < 1.29 is 106 Å². The summed E-state index contributed by atoms with van der Waals surface area (Å²) in [7, 11) is 2.98.